The molecule has 0 aliphatic heterocycles. The van der Waals surface area contributed by atoms with Gasteiger partial charge in [-0.1, -0.05) is 58.3 Å². The molecule has 0 atom stereocenters. The lowest BCUT2D eigenvalue weighted by molar-refractivity contribution is 0.669. The van der Waals surface area contributed by atoms with E-state index in [0.717, 1.165) is 21.9 Å². The van der Waals surface area contributed by atoms with Crippen molar-refractivity contribution in [3.63, 3.8) is 0 Å². The van der Waals surface area contributed by atoms with Crippen molar-refractivity contribution in [1.29, 1.82) is 0 Å². The first-order valence-corrected chi connectivity index (χ1v) is 6.96. The molecule has 0 radical (unpaired) electrons. The number of para-hydroxylation sites is 1. The van der Waals surface area contributed by atoms with Crippen molar-refractivity contribution < 1.29 is 9.90 Å². The standard InChI is InChI=1S/C18H11BrO/c19-16-7-3-1-5-13(16)12-9-10-18-15(11-12)14-6-2-4-8-17(14)20-18/h1-11H/i1D,3D,5D,7D. The fourth-order valence-electron chi connectivity index (χ4n) is 2.38. The Bertz CT molecular complexity index is 1090. The van der Waals surface area contributed by atoms with Gasteiger partial charge >= 0.3 is 0 Å². The minimum atomic E-state index is -0.245. The molecule has 1 heterocycles. The first-order valence-electron chi connectivity index (χ1n) is 8.16. The van der Waals surface area contributed by atoms with Gasteiger partial charge in [0.2, 0.25) is 0 Å². The van der Waals surface area contributed by atoms with Crippen LogP contribution in [0.15, 0.2) is 75.5 Å². The number of fused-ring (bicyclic) bond motifs is 3. The molecule has 1 nitrogen and oxygen atoms in total. The molecule has 0 saturated carbocycles. The molecule has 20 heavy (non-hydrogen) atoms. The summed E-state index contributed by atoms with van der Waals surface area (Å²) in [6.07, 6.45) is 0. The smallest absolute Gasteiger partial charge is 0.135 e. The van der Waals surface area contributed by atoms with Crippen molar-refractivity contribution in [2.45, 2.75) is 0 Å². The summed E-state index contributed by atoms with van der Waals surface area (Å²) in [7, 11) is 0. The average molecular weight is 327 g/mol. The van der Waals surface area contributed by atoms with Gasteiger partial charge in [-0.05, 0) is 35.4 Å². The second-order valence-corrected chi connectivity index (χ2v) is 5.29. The summed E-state index contributed by atoms with van der Waals surface area (Å²) in [5.74, 6) is 0. The number of hydrogen-bond acceptors (Lipinski definition) is 1. The first-order chi connectivity index (χ1) is 11.5. The fourth-order valence-corrected chi connectivity index (χ4v) is 2.80. The topological polar surface area (TPSA) is 13.1 Å². The van der Waals surface area contributed by atoms with Crippen LogP contribution in [-0.4, -0.2) is 0 Å². The van der Waals surface area contributed by atoms with Gasteiger partial charge in [-0.25, -0.2) is 0 Å². The maximum absolute atomic E-state index is 8.20. The zero-order valence-corrected chi connectivity index (χ0v) is 11.9. The van der Waals surface area contributed by atoms with E-state index in [9.17, 15) is 0 Å². The number of rotatable bonds is 1. The Morgan fingerprint density at radius 1 is 0.900 bits per heavy atom. The minimum Gasteiger partial charge on any atom is -0.456 e. The molecule has 0 bridgehead atoms. The highest BCUT2D eigenvalue weighted by molar-refractivity contribution is 9.10. The maximum atomic E-state index is 8.20. The zero-order chi connectivity index (χ0) is 17.0. The van der Waals surface area contributed by atoms with Crippen molar-refractivity contribution in [1.82, 2.24) is 0 Å². The molecule has 1 aromatic heterocycles. The van der Waals surface area contributed by atoms with E-state index < -0.39 is 0 Å². The zero-order valence-electron chi connectivity index (χ0n) is 14.3. The SMILES string of the molecule is [2H]c1c([2H])c([2H])c(-c2ccc3oc4ccccc4c3c2)c(Br)c1[2H]. The van der Waals surface area contributed by atoms with Gasteiger partial charge in [-0.2, -0.15) is 0 Å². The predicted octanol–water partition coefficient (Wildman–Crippen LogP) is 6.02. The number of halogens is 1. The van der Waals surface area contributed by atoms with Crippen molar-refractivity contribution in [2.24, 2.45) is 0 Å². The van der Waals surface area contributed by atoms with Crippen molar-refractivity contribution >= 4 is 37.9 Å². The lowest BCUT2D eigenvalue weighted by atomic mass is 10.0. The van der Waals surface area contributed by atoms with Crippen LogP contribution in [-0.2, 0) is 0 Å². The van der Waals surface area contributed by atoms with E-state index in [4.69, 9.17) is 9.90 Å². The molecule has 96 valence electrons. The van der Waals surface area contributed by atoms with Gasteiger partial charge < -0.3 is 4.42 Å². The summed E-state index contributed by atoms with van der Waals surface area (Å²) in [5.41, 5.74) is 2.71. The van der Waals surface area contributed by atoms with Gasteiger partial charge in [0.1, 0.15) is 11.2 Å². The van der Waals surface area contributed by atoms with Crippen molar-refractivity contribution in [2.75, 3.05) is 0 Å². The molecule has 0 amide bonds. The summed E-state index contributed by atoms with van der Waals surface area (Å²) in [5, 5.41) is 1.90. The quantitative estimate of drug-likeness (QED) is 0.417. The summed E-state index contributed by atoms with van der Waals surface area (Å²) < 4.78 is 38.0. The van der Waals surface area contributed by atoms with Crippen molar-refractivity contribution in [3.8, 4) is 11.1 Å². The normalized spacial score (nSPS) is 14.1. The third-order valence-electron chi connectivity index (χ3n) is 3.31. The van der Waals surface area contributed by atoms with Crippen LogP contribution in [0.5, 0.6) is 0 Å². The van der Waals surface area contributed by atoms with Crippen LogP contribution in [0, 0.1) is 0 Å². The largest absolute Gasteiger partial charge is 0.456 e. The van der Waals surface area contributed by atoms with Crippen LogP contribution in [0.4, 0.5) is 0 Å². The molecule has 0 unspecified atom stereocenters. The average Bonchev–Trinajstić information content (AvgIpc) is 2.96. The second kappa shape index (κ2) is 4.50. The lowest BCUT2D eigenvalue weighted by Gasteiger charge is -2.04. The summed E-state index contributed by atoms with van der Waals surface area (Å²) in [4.78, 5) is 0. The third kappa shape index (κ3) is 1.76. The Balaban J connectivity index is 2.06. The second-order valence-electron chi connectivity index (χ2n) is 4.50. The van der Waals surface area contributed by atoms with Crippen LogP contribution in [0.3, 0.4) is 0 Å². The Morgan fingerprint density at radius 3 is 2.65 bits per heavy atom. The Labute approximate surface area is 130 Å². The van der Waals surface area contributed by atoms with Crippen LogP contribution >= 0.6 is 15.9 Å². The maximum Gasteiger partial charge on any atom is 0.135 e. The first kappa shape index (κ1) is 8.28. The molecule has 0 N–H and O–H groups in total. The van der Waals surface area contributed by atoms with E-state index in [-0.39, 0.29) is 24.2 Å². The number of hydrogen-bond donors (Lipinski definition) is 0. The summed E-state index contributed by atoms with van der Waals surface area (Å²) in [6.45, 7) is 0. The van der Waals surface area contributed by atoms with E-state index >= 15 is 0 Å². The highest BCUT2D eigenvalue weighted by atomic mass is 79.9. The molecular weight excluding hydrogens is 312 g/mol. The molecule has 0 spiro atoms. The van der Waals surface area contributed by atoms with Crippen LogP contribution in [0.1, 0.15) is 5.48 Å². The Morgan fingerprint density at radius 2 is 1.70 bits per heavy atom. The highest BCUT2D eigenvalue weighted by Crippen LogP contribution is 2.34. The van der Waals surface area contributed by atoms with Gasteiger partial charge in [0.25, 0.3) is 0 Å². The van der Waals surface area contributed by atoms with Gasteiger partial charge in [0.05, 0.1) is 5.48 Å². The van der Waals surface area contributed by atoms with E-state index in [1.165, 1.54) is 0 Å². The van der Waals surface area contributed by atoms with E-state index in [1.54, 1.807) is 0 Å². The molecule has 2 heteroatoms. The fraction of sp³-hybridized carbons (Fsp3) is 0. The Hall–Kier alpha value is -2.06. The predicted molar refractivity (Wildman–Crippen MR) is 86.9 cm³/mol. The third-order valence-corrected chi connectivity index (χ3v) is 3.90. The van der Waals surface area contributed by atoms with E-state index in [0.29, 0.717) is 15.6 Å². The van der Waals surface area contributed by atoms with E-state index in [2.05, 4.69) is 15.9 Å². The molecule has 0 aliphatic carbocycles. The molecule has 4 rings (SSSR count). The Kier molecular flexibility index (Phi) is 1.86. The summed E-state index contributed by atoms with van der Waals surface area (Å²) in [6, 6.07) is 12.6. The monoisotopic (exact) mass is 326 g/mol. The van der Waals surface area contributed by atoms with Gasteiger partial charge in [-0.15, -0.1) is 0 Å². The van der Waals surface area contributed by atoms with Crippen LogP contribution in [0.25, 0.3) is 33.1 Å². The molecular formula is C18H11BrO. The minimum absolute atomic E-state index is 0.0602. The van der Waals surface area contributed by atoms with Gasteiger partial charge in [-0.3, -0.25) is 0 Å². The van der Waals surface area contributed by atoms with Gasteiger partial charge in [0.15, 0.2) is 0 Å². The van der Waals surface area contributed by atoms with Gasteiger partial charge in [0, 0.05) is 15.2 Å². The molecule has 0 saturated heterocycles. The van der Waals surface area contributed by atoms with E-state index in [1.807, 2.05) is 42.5 Å². The van der Waals surface area contributed by atoms with Crippen LogP contribution in [0.2, 0.25) is 0 Å². The molecule has 0 aliphatic rings. The molecule has 3 aromatic carbocycles. The molecule has 0 fully saturated rings. The van der Waals surface area contributed by atoms with Crippen LogP contribution < -0.4 is 0 Å². The number of benzene rings is 3. The van der Waals surface area contributed by atoms with Crippen molar-refractivity contribution in [3.05, 3.63) is 71.1 Å². The summed E-state index contributed by atoms with van der Waals surface area (Å²) >= 11 is 3.32. The number of furan rings is 1. The molecule has 4 aromatic rings. The highest BCUT2D eigenvalue weighted by Gasteiger charge is 2.09. The lowest BCUT2D eigenvalue weighted by Crippen LogP contribution is -1.79.